The fourth-order valence-electron chi connectivity index (χ4n) is 6.50. The second-order valence-corrected chi connectivity index (χ2v) is 12.7. The number of rotatable bonds is 12. The van der Waals surface area contributed by atoms with E-state index in [1.165, 1.54) is 80.2 Å². The molecule has 0 atom stereocenters. The lowest BCUT2D eigenvalue weighted by molar-refractivity contribution is 0.508. The molecule has 6 aromatic rings. The molecule has 0 fully saturated rings. The molecule has 0 N–H and O–H groups in total. The second kappa shape index (κ2) is 14.7. The highest BCUT2D eigenvalue weighted by Gasteiger charge is 2.36. The Morgan fingerprint density at radius 2 is 0.614 bits per heavy atom. The van der Waals surface area contributed by atoms with Crippen LogP contribution in [0, 0.1) is 0 Å². The average molecular weight is 683 g/mol. The zero-order chi connectivity index (χ0) is 30.0. The van der Waals surface area contributed by atoms with Gasteiger partial charge in [0, 0.05) is 5.41 Å². The Labute approximate surface area is 277 Å². The molecule has 0 radical (unpaired) electrons. The summed E-state index contributed by atoms with van der Waals surface area (Å²) in [6.45, 7) is 0. The average Bonchev–Trinajstić information content (AvgIpc) is 3.11. The summed E-state index contributed by atoms with van der Waals surface area (Å²) < 4.78 is 1.23. The molecule has 0 unspecified atom stereocenters. The second-order valence-electron chi connectivity index (χ2n) is 11.6. The molecule has 6 rings (SSSR count). The summed E-state index contributed by atoms with van der Waals surface area (Å²) in [7, 11) is 0. The topological polar surface area (TPSA) is 0 Å². The van der Waals surface area contributed by atoms with E-state index in [0.29, 0.717) is 0 Å². The molecule has 44 heavy (non-hydrogen) atoms. The highest BCUT2D eigenvalue weighted by Crippen LogP contribution is 2.45. The monoisotopic (exact) mass is 682 g/mol. The van der Waals surface area contributed by atoms with Crippen LogP contribution in [-0.4, -0.2) is 4.43 Å². The zero-order valence-electron chi connectivity index (χ0n) is 25.2. The van der Waals surface area contributed by atoms with Crippen LogP contribution in [0.4, 0.5) is 0 Å². The van der Waals surface area contributed by atoms with Crippen LogP contribution < -0.4 is 0 Å². The first kappa shape index (κ1) is 30.1. The molecule has 6 aromatic carbocycles. The molecule has 0 nitrogen and oxygen atoms in total. The molecule has 0 bridgehead atoms. The van der Waals surface area contributed by atoms with Gasteiger partial charge in [-0.25, -0.2) is 0 Å². The third-order valence-corrected chi connectivity index (χ3v) is 9.65. The van der Waals surface area contributed by atoms with Crippen molar-refractivity contribution in [1.29, 1.82) is 0 Å². The Balaban J connectivity index is 1.47. The van der Waals surface area contributed by atoms with Crippen molar-refractivity contribution in [2.75, 3.05) is 4.43 Å². The van der Waals surface area contributed by atoms with E-state index in [9.17, 15) is 0 Å². The fourth-order valence-corrected chi connectivity index (χ4v) is 7.04. The van der Waals surface area contributed by atoms with Gasteiger partial charge in [0.1, 0.15) is 0 Å². The molecule has 218 valence electrons. The van der Waals surface area contributed by atoms with Gasteiger partial charge in [0.15, 0.2) is 0 Å². The maximum atomic E-state index is 2.51. The summed E-state index contributed by atoms with van der Waals surface area (Å²) in [5, 5.41) is 0. The lowest BCUT2D eigenvalue weighted by Gasteiger charge is -2.37. The van der Waals surface area contributed by atoms with E-state index in [2.05, 4.69) is 186 Å². The Hall–Kier alpha value is -3.95. The number of alkyl halides is 1. The van der Waals surface area contributed by atoms with E-state index in [4.69, 9.17) is 0 Å². The highest BCUT2D eigenvalue weighted by molar-refractivity contribution is 14.1. The van der Waals surface area contributed by atoms with Gasteiger partial charge in [-0.2, -0.15) is 0 Å². The van der Waals surface area contributed by atoms with Crippen molar-refractivity contribution in [3.63, 3.8) is 0 Å². The van der Waals surface area contributed by atoms with Crippen LogP contribution >= 0.6 is 22.6 Å². The van der Waals surface area contributed by atoms with Crippen LogP contribution in [0.5, 0.6) is 0 Å². The number of hydrogen-bond acceptors (Lipinski definition) is 0. The molecule has 0 saturated carbocycles. The Morgan fingerprint density at radius 3 is 0.932 bits per heavy atom. The molecule has 1 heteroatoms. The molecule has 0 aromatic heterocycles. The van der Waals surface area contributed by atoms with Crippen molar-refractivity contribution in [1.82, 2.24) is 0 Å². The summed E-state index contributed by atoms with van der Waals surface area (Å²) in [5.74, 6) is 0. The van der Waals surface area contributed by atoms with Gasteiger partial charge in [0.2, 0.25) is 0 Å². The predicted octanol–water partition coefficient (Wildman–Crippen LogP) is 12.4. The van der Waals surface area contributed by atoms with Crippen molar-refractivity contribution >= 4 is 22.6 Å². The van der Waals surface area contributed by atoms with E-state index in [0.717, 1.165) is 6.42 Å². The van der Waals surface area contributed by atoms with Gasteiger partial charge in [-0.15, -0.1) is 0 Å². The maximum absolute atomic E-state index is 2.51. The molecule has 0 spiro atoms. The van der Waals surface area contributed by atoms with E-state index in [-0.39, 0.29) is 5.41 Å². The first-order valence-electron chi connectivity index (χ1n) is 15.8. The Kier molecular flexibility index (Phi) is 10.0. The Bertz CT molecular complexity index is 1500. The van der Waals surface area contributed by atoms with Crippen molar-refractivity contribution in [3.05, 3.63) is 180 Å². The van der Waals surface area contributed by atoms with Crippen LogP contribution in [0.15, 0.2) is 164 Å². The number of unbranched alkanes of at least 4 members (excludes halogenated alkanes) is 3. The van der Waals surface area contributed by atoms with Crippen LogP contribution in [0.1, 0.15) is 48.8 Å². The minimum Gasteiger partial charge on any atom is -0.0864 e. The molecular formula is C43H39I. The first-order chi connectivity index (χ1) is 21.8. The van der Waals surface area contributed by atoms with E-state index >= 15 is 0 Å². The lowest BCUT2D eigenvalue weighted by Crippen LogP contribution is -2.29. The minimum atomic E-state index is -0.260. The fraction of sp³-hybridized carbons (Fsp3) is 0.163. The van der Waals surface area contributed by atoms with E-state index in [1.807, 2.05) is 0 Å². The van der Waals surface area contributed by atoms with Crippen LogP contribution in [0.2, 0.25) is 0 Å². The number of halogens is 1. The van der Waals surface area contributed by atoms with E-state index < -0.39 is 0 Å². The summed E-state index contributed by atoms with van der Waals surface area (Å²) in [6, 6.07) is 60.3. The van der Waals surface area contributed by atoms with Gasteiger partial charge in [0.05, 0.1) is 0 Å². The largest absolute Gasteiger partial charge is 0.0864 e. The van der Waals surface area contributed by atoms with Gasteiger partial charge in [-0.05, 0) is 67.3 Å². The van der Waals surface area contributed by atoms with Crippen LogP contribution in [-0.2, 0) is 5.41 Å². The number of hydrogen-bond donors (Lipinski definition) is 0. The third kappa shape index (κ3) is 6.74. The standard InChI is InChI=1S/C43H39I/c44-33-13-2-1-12-32-43(40-26-20-37(21-27-40)34-14-6-3-7-15-34,41-28-22-38(23-29-41)35-16-8-4-9-17-35)42-30-24-39(25-31-42)36-18-10-5-11-19-36/h3-11,14-31H,1-2,12-13,32-33H2. The lowest BCUT2D eigenvalue weighted by atomic mass is 9.66. The normalized spacial score (nSPS) is 11.4. The number of benzene rings is 6. The molecule has 0 aliphatic carbocycles. The molecule has 0 heterocycles. The van der Waals surface area contributed by atoms with Crippen LogP contribution in [0.3, 0.4) is 0 Å². The van der Waals surface area contributed by atoms with Crippen molar-refractivity contribution in [2.24, 2.45) is 0 Å². The van der Waals surface area contributed by atoms with Crippen molar-refractivity contribution in [2.45, 2.75) is 37.5 Å². The summed E-state index contributed by atoms with van der Waals surface area (Å²) in [4.78, 5) is 0. The first-order valence-corrected chi connectivity index (χ1v) is 17.3. The molecule has 0 amide bonds. The van der Waals surface area contributed by atoms with Crippen molar-refractivity contribution in [3.8, 4) is 33.4 Å². The van der Waals surface area contributed by atoms with Gasteiger partial charge in [0.25, 0.3) is 0 Å². The highest BCUT2D eigenvalue weighted by atomic mass is 127. The van der Waals surface area contributed by atoms with Crippen LogP contribution in [0.25, 0.3) is 33.4 Å². The zero-order valence-corrected chi connectivity index (χ0v) is 27.4. The maximum Gasteiger partial charge on any atom is 0.0451 e. The summed E-state index contributed by atoms with van der Waals surface area (Å²) in [6.07, 6.45) is 6.06. The smallest absolute Gasteiger partial charge is 0.0451 e. The van der Waals surface area contributed by atoms with Gasteiger partial charge in [-0.3, -0.25) is 0 Å². The van der Waals surface area contributed by atoms with E-state index in [1.54, 1.807) is 0 Å². The molecule has 0 saturated heterocycles. The van der Waals surface area contributed by atoms with Gasteiger partial charge in [-0.1, -0.05) is 206 Å². The SMILES string of the molecule is ICCCCCCC(c1ccc(-c2ccccc2)cc1)(c1ccc(-c2ccccc2)cc1)c1ccc(-c2ccccc2)cc1. The molecule has 0 aliphatic rings. The summed E-state index contributed by atoms with van der Waals surface area (Å²) >= 11 is 2.51. The summed E-state index contributed by atoms with van der Waals surface area (Å²) in [5.41, 5.74) is 11.3. The predicted molar refractivity (Wildman–Crippen MR) is 197 cm³/mol. The van der Waals surface area contributed by atoms with Gasteiger partial charge < -0.3 is 0 Å². The van der Waals surface area contributed by atoms with Crippen molar-refractivity contribution < 1.29 is 0 Å². The van der Waals surface area contributed by atoms with Gasteiger partial charge >= 0.3 is 0 Å². The quantitative estimate of drug-likeness (QED) is 0.0522. The molecule has 0 aliphatic heterocycles. The Morgan fingerprint density at radius 1 is 0.318 bits per heavy atom. The molecular weight excluding hydrogens is 643 g/mol. The third-order valence-electron chi connectivity index (χ3n) is 8.89. The minimum absolute atomic E-state index is 0.260.